The monoisotopic (exact) mass is 333 g/mol. The molecule has 0 aliphatic carbocycles. The van der Waals surface area contributed by atoms with Gasteiger partial charge in [-0.2, -0.15) is 0 Å². The molecule has 1 heterocycles. The molecule has 4 heteroatoms. The second kappa shape index (κ2) is 6.70. The molecule has 0 aromatic heterocycles. The zero-order valence-electron chi connectivity index (χ0n) is 14.8. The summed E-state index contributed by atoms with van der Waals surface area (Å²) in [7, 11) is 0. The maximum atomic E-state index is 11.9. The summed E-state index contributed by atoms with van der Waals surface area (Å²) in [4.78, 5) is 13.1. The van der Waals surface area contributed by atoms with E-state index in [1.54, 1.807) is 18.9 Å². The predicted octanol–water partition coefficient (Wildman–Crippen LogP) is 4.83. The van der Waals surface area contributed by atoms with Crippen molar-refractivity contribution in [2.75, 3.05) is 0 Å². The maximum absolute atomic E-state index is 11.9. The first kappa shape index (κ1) is 18.1. The minimum absolute atomic E-state index is 0.0724. The van der Waals surface area contributed by atoms with Gasteiger partial charge in [0.25, 0.3) is 0 Å². The Kier molecular flexibility index (Phi) is 5.27. The zero-order chi connectivity index (χ0) is 17.3. The number of hydrogen-bond acceptors (Lipinski definition) is 4. The van der Waals surface area contributed by atoms with Crippen LogP contribution in [0.25, 0.3) is 0 Å². The Bertz CT molecular complexity index is 562. The highest BCUT2D eigenvalue weighted by molar-refractivity contribution is 7.97. The van der Waals surface area contributed by atoms with Gasteiger partial charge in [0.2, 0.25) is 0 Å². The molecular formula is C19H27NO2S. The van der Waals surface area contributed by atoms with Gasteiger partial charge in [-0.3, -0.25) is 0 Å². The quantitative estimate of drug-likeness (QED) is 0.448. The molecule has 126 valence electrons. The van der Waals surface area contributed by atoms with Crippen molar-refractivity contribution in [3.05, 3.63) is 42.5 Å². The summed E-state index contributed by atoms with van der Waals surface area (Å²) in [5.41, 5.74) is 0.298. The molecule has 0 radical (unpaired) electrons. The zero-order valence-corrected chi connectivity index (χ0v) is 15.6. The molecule has 3 nitrogen and oxygen atoms in total. The van der Waals surface area contributed by atoms with Crippen LogP contribution in [0.1, 0.15) is 47.5 Å². The number of benzene rings is 1. The number of carbonyl (C=O) groups excluding carboxylic acids is 1. The van der Waals surface area contributed by atoms with Gasteiger partial charge in [-0.25, -0.2) is 9.10 Å². The SMILES string of the molecule is C=C(C)C(=O)OC1CC(C)(C)N(Sc2ccccc2)C(C)(C)C1. The molecule has 0 unspecified atom stereocenters. The van der Waals surface area contributed by atoms with Gasteiger partial charge in [-0.15, -0.1) is 0 Å². The number of ether oxygens (including phenoxy) is 1. The van der Waals surface area contributed by atoms with Crippen LogP contribution < -0.4 is 0 Å². The molecule has 0 atom stereocenters. The van der Waals surface area contributed by atoms with E-state index in [4.69, 9.17) is 4.74 Å². The van der Waals surface area contributed by atoms with Gasteiger partial charge in [-0.05, 0) is 58.7 Å². The smallest absolute Gasteiger partial charge is 0.333 e. The van der Waals surface area contributed by atoms with Crippen molar-refractivity contribution in [1.82, 2.24) is 4.31 Å². The van der Waals surface area contributed by atoms with E-state index in [-0.39, 0.29) is 23.2 Å². The van der Waals surface area contributed by atoms with E-state index in [0.717, 1.165) is 12.8 Å². The number of piperidine rings is 1. The third-order valence-corrected chi connectivity index (χ3v) is 5.77. The summed E-state index contributed by atoms with van der Waals surface area (Å²) in [6, 6.07) is 10.4. The molecule has 1 aliphatic heterocycles. The molecule has 2 rings (SSSR count). The van der Waals surface area contributed by atoms with Crippen LogP contribution in [0.5, 0.6) is 0 Å². The second-order valence-electron chi connectivity index (χ2n) is 7.54. The molecule has 0 bridgehead atoms. The number of rotatable bonds is 4. The van der Waals surface area contributed by atoms with Gasteiger partial charge in [-0.1, -0.05) is 24.8 Å². The first-order chi connectivity index (χ1) is 10.6. The average molecular weight is 333 g/mol. The fraction of sp³-hybridized carbons (Fsp3) is 0.526. The lowest BCUT2D eigenvalue weighted by Gasteiger charge is -2.53. The van der Waals surface area contributed by atoms with Gasteiger partial charge in [0.1, 0.15) is 6.10 Å². The molecule has 0 saturated carbocycles. The predicted molar refractivity (Wildman–Crippen MR) is 96.2 cm³/mol. The molecule has 1 aliphatic rings. The van der Waals surface area contributed by atoms with E-state index in [1.807, 2.05) is 6.07 Å². The molecular weight excluding hydrogens is 306 g/mol. The van der Waals surface area contributed by atoms with Crippen LogP contribution in [0, 0.1) is 0 Å². The summed E-state index contributed by atoms with van der Waals surface area (Å²) in [6.45, 7) is 14.2. The van der Waals surface area contributed by atoms with E-state index in [1.165, 1.54) is 4.90 Å². The van der Waals surface area contributed by atoms with Crippen LogP contribution in [-0.4, -0.2) is 27.5 Å². The summed E-state index contributed by atoms with van der Waals surface area (Å²) in [6.07, 6.45) is 1.56. The van der Waals surface area contributed by atoms with E-state index < -0.39 is 0 Å². The van der Waals surface area contributed by atoms with Crippen LogP contribution in [-0.2, 0) is 9.53 Å². The third kappa shape index (κ3) is 4.39. The highest BCUT2D eigenvalue weighted by atomic mass is 32.2. The number of nitrogens with zero attached hydrogens (tertiary/aromatic N) is 1. The van der Waals surface area contributed by atoms with Gasteiger partial charge in [0.15, 0.2) is 0 Å². The highest BCUT2D eigenvalue weighted by Gasteiger charge is 2.47. The fourth-order valence-electron chi connectivity index (χ4n) is 3.34. The van der Waals surface area contributed by atoms with Crippen molar-refractivity contribution < 1.29 is 9.53 Å². The van der Waals surface area contributed by atoms with Gasteiger partial charge < -0.3 is 4.74 Å². The summed E-state index contributed by atoms with van der Waals surface area (Å²) in [5, 5.41) is 0. The van der Waals surface area contributed by atoms with Gasteiger partial charge in [0.05, 0.1) is 0 Å². The van der Waals surface area contributed by atoms with Crippen molar-refractivity contribution >= 4 is 17.9 Å². The first-order valence-electron chi connectivity index (χ1n) is 8.02. The number of carbonyl (C=O) groups is 1. The van der Waals surface area contributed by atoms with Crippen molar-refractivity contribution in [3.63, 3.8) is 0 Å². The van der Waals surface area contributed by atoms with Crippen molar-refractivity contribution in [2.45, 2.75) is 69.5 Å². The van der Waals surface area contributed by atoms with Crippen molar-refractivity contribution in [3.8, 4) is 0 Å². The average Bonchev–Trinajstić information content (AvgIpc) is 2.43. The Morgan fingerprint density at radius 3 is 2.17 bits per heavy atom. The summed E-state index contributed by atoms with van der Waals surface area (Å²) >= 11 is 1.78. The van der Waals surface area contributed by atoms with Gasteiger partial charge >= 0.3 is 5.97 Å². The number of esters is 1. The largest absolute Gasteiger partial charge is 0.459 e. The lowest BCUT2D eigenvalue weighted by atomic mass is 9.81. The topological polar surface area (TPSA) is 29.5 Å². The molecule has 1 aromatic rings. The minimum Gasteiger partial charge on any atom is -0.459 e. The fourth-order valence-corrected chi connectivity index (χ4v) is 4.47. The minimum atomic E-state index is -0.286. The van der Waals surface area contributed by atoms with Crippen LogP contribution in [0.15, 0.2) is 47.4 Å². The van der Waals surface area contributed by atoms with Crippen molar-refractivity contribution in [1.29, 1.82) is 0 Å². The van der Waals surface area contributed by atoms with Crippen molar-refractivity contribution in [2.24, 2.45) is 0 Å². The van der Waals surface area contributed by atoms with Crippen LogP contribution in [0.3, 0.4) is 0 Å². The normalized spacial score (nSPS) is 20.9. The van der Waals surface area contributed by atoms with E-state index in [2.05, 4.69) is 62.8 Å². The van der Waals surface area contributed by atoms with Gasteiger partial charge in [0, 0.05) is 34.4 Å². The van der Waals surface area contributed by atoms with E-state index >= 15 is 0 Å². The molecule has 1 fully saturated rings. The Morgan fingerprint density at radius 1 is 1.17 bits per heavy atom. The Labute approximate surface area is 144 Å². The lowest BCUT2D eigenvalue weighted by molar-refractivity contribution is -0.150. The van der Waals surface area contributed by atoms with Crippen LogP contribution in [0.4, 0.5) is 0 Å². The van der Waals surface area contributed by atoms with E-state index in [0.29, 0.717) is 5.57 Å². The number of hydrogen-bond donors (Lipinski definition) is 0. The first-order valence-corrected chi connectivity index (χ1v) is 8.79. The molecule has 0 N–H and O–H groups in total. The lowest BCUT2D eigenvalue weighted by Crippen LogP contribution is -2.59. The van der Waals surface area contributed by atoms with E-state index in [9.17, 15) is 4.79 Å². The second-order valence-corrected chi connectivity index (χ2v) is 8.56. The standard InChI is InChI=1S/C19H27NO2S/c1-14(2)17(21)22-15-12-18(3,4)20(19(5,6)13-15)23-16-10-8-7-9-11-16/h7-11,15H,1,12-13H2,2-6H3. The molecule has 1 aromatic carbocycles. The Morgan fingerprint density at radius 2 is 1.70 bits per heavy atom. The Hall–Kier alpha value is -1.26. The van der Waals surface area contributed by atoms with Crippen LogP contribution in [0.2, 0.25) is 0 Å². The summed E-state index contributed by atoms with van der Waals surface area (Å²) in [5.74, 6) is -0.286. The highest BCUT2D eigenvalue weighted by Crippen LogP contribution is 2.46. The molecule has 23 heavy (non-hydrogen) atoms. The van der Waals surface area contributed by atoms with Crippen LogP contribution >= 0.6 is 11.9 Å². The third-order valence-electron chi connectivity index (χ3n) is 4.12. The molecule has 0 amide bonds. The molecule has 0 spiro atoms. The summed E-state index contributed by atoms with van der Waals surface area (Å²) < 4.78 is 8.09. The maximum Gasteiger partial charge on any atom is 0.333 e. The molecule has 1 saturated heterocycles. The Balaban J connectivity index is 2.16.